The lowest BCUT2D eigenvalue weighted by Crippen LogP contribution is -2.04. The summed E-state index contributed by atoms with van der Waals surface area (Å²) in [4.78, 5) is 0. The van der Waals surface area contributed by atoms with Crippen molar-refractivity contribution in [3.63, 3.8) is 0 Å². The molecule has 0 aliphatic carbocycles. The van der Waals surface area contributed by atoms with E-state index in [0.29, 0.717) is 16.7 Å². The fraction of sp³-hybridized carbons (Fsp3) is 0.0667. The number of fused-ring (bicyclic) bond motifs is 1. The highest BCUT2D eigenvalue weighted by molar-refractivity contribution is 9.10. The first-order chi connectivity index (χ1) is 9.47. The van der Waals surface area contributed by atoms with E-state index in [9.17, 15) is 13.2 Å². The Bertz CT molecular complexity index is 774. The number of hydrogen-bond donors (Lipinski definition) is 0. The average molecular weight is 341 g/mol. The summed E-state index contributed by atoms with van der Waals surface area (Å²) in [6.07, 6.45) is -2.87. The Morgan fingerprint density at radius 3 is 2.50 bits per heavy atom. The van der Waals surface area contributed by atoms with Crippen LogP contribution in [0.4, 0.5) is 13.2 Å². The molecule has 0 saturated heterocycles. The smallest absolute Gasteiger partial charge is 0.416 e. The summed E-state index contributed by atoms with van der Waals surface area (Å²) in [5.74, 6) is 0. The second kappa shape index (κ2) is 4.66. The van der Waals surface area contributed by atoms with Crippen molar-refractivity contribution < 1.29 is 17.6 Å². The van der Waals surface area contributed by atoms with Gasteiger partial charge in [-0.25, -0.2) is 0 Å². The van der Waals surface area contributed by atoms with Crippen molar-refractivity contribution in [3.8, 4) is 11.1 Å². The van der Waals surface area contributed by atoms with Gasteiger partial charge in [0.25, 0.3) is 0 Å². The van der Waals surface area contributed by atoms with Crippen molar-refractivity contribution in [2.24, 2.45) is 0 Å². The van der Waals surface area contributed by atoms with Gasteiger partial charge in [0.1, 0.15) is 5.58 Å². The van der Waals surface area contributed by atoms with E-state index in [0.717, 1.165) is 22.0 Å². The molecule has 1 nitrogen and oxygen atoms in total. The van der Waals surface area contributed by atoms with Gasteiger partial charge in [0, 0.05) is 10.9 Å². The standard InChI is InChI=1S/C15H8BrF3O/c16-13-6-2-5-11-12(8-20-14(11)13)9-3-1-4-10(7-9)15(17,18)19/h1-8H. The normalized spacial score (nSPS) is 12.0. The molecular weight excluding hydrogens is 333 g/mol. The predicted molar refractivity (Wildman–Crippen MR) is 74.4 cm³/mol. The van der Waals surface area contributed by atoms with Crippen LogP contribution in [0.2, 0.25) is 0 Å². The third-order valence-electron chi connectivity index (χ3n) is 3.05. The molecule has 1 heterocycles. The SMILES string of the molecule is FC(F)(F)c1cccc(-c2coc3c(Br)cccc23)c1. The molecule has 0 atom stereocenters. The summed E-state index contributed by atoms with van der Waals surface area (Å²) in [7, 11) is 0. The molecule has 1 aromatic heterocycles. The van der Waals surface area contributed by atoms with Gasteiger partial charge in [-0.2, -0.15) is 13.2 Å². The molecule has 0 aliphatic heterocycles. The molecule has 20 heavy (non-hydrogen) atoms. The van der Waals surface area contributed by atoms with E-state index in [1.54, 1.807) is 6.07 Å². The first-order valence-electron chi connectivity index (χ1n) is 5.80. The number of halogens is 4. The molecule has 102 valence electrons. The van der Waals surface area contributed by atoms with Crippen LogP contribution in [0.25, 0.3) is 22.1 Å². The quantitative estimate of drug-likeness (QED) is 0.539. The summed E-state index contributed by atoms with van der Waals surface area (Å²) >= 11 is 3.36. The van der Waals surface area contributed by atoms with Gasteiger partial charge in [0.05, 0.1) is 16.3 Å². The van der Waals surface area contributed by atoms with Gasteiger partial charge >= 0.3 is 6.18 Å². The number of hydrogen-bond acceptors (Lipinski definition) is 1. The Balaban J connectivity index is 2.19. The molecule has 0 aliphatic rings. The van der Waals surface area contributed by atoms with Crippen LogP contribution >= 0.6 is 15.9 Å². The summed E-state index contributed by atoms with van der Waals surface area (Å²) in [5, 5.41) is 0.777. The van der Waals surface area contributed by atoms with Crippen LogP contribution in [-0.4, -0.2) is 0 Å². The molecule has 0 fully saturated rings. The first-order valence-corrected chi connectivity index (χ1v) is 6.59. The van der Waals surface area contributed by atoms with Crippen molar-refractivity contribution >= 4 is 26.9 Å². The summed E-state index contributed by atoms with van der Waals surface area (Å²) in [5.41, 5.74) is 1.09. The van der Waals surface area contributed by atoms with E-state index in [1.807, 2.05) is 18.2 Å². The van der Waals surface area contributed by atoms with E-state index < -0.39 is 11.7 Å². The van der Waals surface area contributed by atoms with Crippen LogP contribution in [0.1, 0.15) is 5.56 Å². The zero-order valence-electron chi connectivity index (χ0n) is 10.0. The van der Waals surface area contributed by atoms with Gasteiger partial charge in [-0.15, -0.1) is 0 Å². The van der Waals surface area contributed by atoms with Gasteiger partial charge in [-0.1, -0.05) is 24.3 Å². The average Bonchev–Trinajstić information content (AvgIpc) is 2.83. The minimum absolute atomic E-state index is 0.483. The first kappa shape index (κ1) is 13.2. The molecule has 0 radical (unpaired) electrons. The number of benzene rings is 2. The molecule has 0 amide bonds. The number of alkyl halides is 3. The molecule has 0 saturated carbocycles. The lowest BCUT2D eigenvalue weighted by molar-refractivity contribution is -0.137. The van der Waals surface area contributed by atoms with Crippen molar-refractivity contribution in [1.29, 1.82) is 0 Å². The zero-order valence-corrected chi connectivity index (χ0v) is 11.6. The Labute approximate surface area is 121 Å². The number of rotatable bonds is 1. The van der Waals surface area contributed by atoms with Gasteiger partial charge in [-0.05, 0) is 39.7 Å². The van der Waals surface area contributed by atoms with Crippen LogP contribution in [0.3, 0.4) is 0 Å². The van der Waals surface area contributed by atoms with Crippen molar-refractivity contribution in [2.75, 3.05) is 0 Å². The van der Waals surface area contributed by atoms with Crippen molar-refractivity contribution in [3.05, 3.63) is 58.8 Å². The molecule has 3 rings (SSSR count). The number of furan rings is 1. The lowest BCUT2D eigenvalue weighted by atomic mass is 10.0. The molecule has 2 aromatic carbocycles. The molecule has 5 heteroatoms. The molecule has 0 spiro atoms. The van der Waals surface area contributed by atoms with E-state index >= 15 is 0 Å². The Hall–Kier alpha value is -1.75. The Morgan fingerprint density at radius 1 is 1.00 bits per heavy atom. The highest BCUT2D eigenvalue weighted by atomic mass is 79.9. The Morgan fingerprint density at radius 2 is 1.75 bits per heavy atom. The maximum Gasteiger partial charge on any atom is 0.416 e. The van der Waals surface area contributed by atoms with Crippen LogP contribution in [0.15, 0.2) is 57.6 Å². The van der Waals surface area contributed by atoms with E-state index in [-0.39, 0.29) is 0 Å². The van der Waals surface area contributed by atoms with Gasteiger partial charge in [0.15, 0.2) is 0 Å². The Kier molecular flexibility index (Phi) is 3.09. The van der Waals surface area contributed by atoms with Crippen molar-refractivity contribution in [1.82, 2.24) is 0 Å². The summed E-state index contributed by atoms with van der Waals surface area (Å²) in [6.45, 7) is 0. The zero-order chi connectivity index (χ0) is 14.3. The monoisotopic (exact) mass is 340 g/mol. The summed E-state index contributed by atoms with van der Waals surface area (Å²) in [6, 6.07) is 10.7. The topological polar surface area (TPSA) is 13.1 Å². The summed E-state index contributed by atoms with van der Waals surface area (Å²) < 4.78 is 44.5. The maximum absolute atomic E-state index is 12.8. The van der Waals surface area contributed by atoms with Gasteiger partial charge in [-0.3, -0.25) is 0 Å². The lowest BCUT2D eigenvalue weighted by Gasteiger charge is -2.08. The van der Waals surface area contributed by atoms with Crippen molar-refractivity contribution in [2.45, 2.75) is 6.18 Å². The second-order valence-corrected chi connectivity index (χ2v) is 5.20. The maximum atomic E-state index is 12.8. The van der Waals surface area contributed by atoms with Crippen LogP contribution in [0.5, 0.6) is 0 Å². The minimum Gasteiger partial charge on any atom is -0.462 e. The third-order valence-corrected chi connectivity index (χ3v) is 3.68. The van der Waals surface area contributed by atoms with Crippen LogP contribution in [-0.2, 0) is 6.18 Å². The van der Waals surface area contributed by atoms with Crippen LogP contribution < -0.4 is 0 Å². The van der Waals surface area contributed by atoms with E-state index in [2.05, 4.69) is 15.9 Å². The molecular formula is C15H8BrF3O. The molecule has 0 N–H and O–H groups in total. The molecule has 3 aromatic rings. The van der Waals surface area contributed by atoms with Gasteiger partial charge < -0.3 is 4.42 Å². The molecule has 0 bridgehead atoms. The molecule has 0 unspecified atom stereocenters. The minimum atomic E-state index is -4.35. The van der Waals surface area contributed by atoms with E-state index in [4.69, 9.17) is 4.42 Å². The fourth-order valence-corrected chi connectivity index (χ4v) is 2.57. The predicted octanol–water partition coefficient (Wildman–Crippen LogP) is 5.88. The van der Waals surface area contributed by atoms with E-state index in [1.165, 1.54) is 12.3 Å². The highest BCUT2D eigenvalue weighted by Crippen LogP contribution is 2.37. The third kappa shape index (κ3) is 2.22. The highest BCUT2D eigenvalue weighted by Gasteiger charge is 2.30. The van der Waals surface area contributed by atoms with Gasteiger partial charge in [0.2, 0.25) is 0 Å². The van der Waals surface area contributed by atoms with Crippen LogP contribution in [0, 0.1) is 0 Å². The fourth-order valence-electron chi connectivity index (χ4n) is 2.11. The second-order valence-electron chi connectivity index (χ2n) is 4.34. The number of para-hydroxylation sites is 1. The largest absolute Gasteiger partial charge is 0.462 e.